The zero-order valence-corrected chi connectivity index (χ0v) is 41.7. The largest absolute Gasteiger partial charge is 0.487 e. The minimum atomic E-state index is -0.982. The Morgan fingerprint density at radius 1 is 0.739 bits per heavy atom. The van der Waals surface area contributed by atoms with E-state index in [0.717, 1.165) is 66.8 Å². The number of hydrogen-bond acceptors (Lipinski definition) is 13. The van der Waals surface area contributed by atoms with Crippen molar-refractivity contribution >= 4 is 103 Å². The maximum absolute atomic E-state index is 12.4. The van der Waals surface area contributed by atoms with Gasteiger partial charge in [0.15, 0.2) is 11.6 Å². The first-order valence-electron chi connectivity index (χ1n) is 21.7. The van der Waals surface area contributed by atoms with Crippen molar-refractivity contribution in [1.29, 1.82) is 0 Å². The third-order valence-electron chi connectivity index (χ3n) is 11.4. The Morgan fingerprint density at radius 3 is 1.68 bits per heavy atom. The molecule has 6 aliphatic heterocycles. The van der Waals surface area contributed by atoms with Gasteiger partial charge in [-0.2, -0.15) is 0 Å². The predicted molar refractivity (Wildman–Crippen MR) is 276 cm³/mol. The fraction of sp³-hybridized carbons (Fsp3) is 0.240. The minimum Gasteiger partial charge on any atom is -0.487 e. The summed E-state index contributed by atoms with van der Waals surface area (Å²) in [7, 11) is 0. The van der Waals surface area contributed by atoms with Crippen molar-refractivity contribution in [1.82, 2.24) is 15.1 Å². The first-order valence-corrected chi connectivity index (χ1v) is 24.8. The molecule has 19 heteroatoms. The molecule has 2 aromatic carbocycles. The Morgan fingerprint density at radius 2 is 1.22 bits per heavy atom. The second kappa shape index (κ2) is 21.9. The second-order valence-electron chi connectivity index (χ2n) is 16.2. The van der Waals surface area contributed by atoms with Crippen LogP contribution in [0.5, 0.6) is 11.5 Å². The summed E-state index contributed by atoms with van der Waals surface area (Å²) in [5.41, 5.74) is 9.69. The fourth-order valence-electron chi connectivity index (χ4n) is 8.02. The molecular formula is C50H44Cl4N6O7S2. The molecule has 0 fully saturated rings. The van der Waals surface area contributed by atoms with Gasteiger partial charge in [-0.1, -0.05) is 70.7 Å². The number of aliphatic imine (C=N–C) groups is 2. The lowest BCUT2D eigenvalue weighted by atomic mass is 10.1. The molecule has 4 atom stereocenters. The lowest BCUT2D eigenvalue weighted by Crippen LogP contribution is -2.35. The predicted octanol–water partition coefficient (Wildman–Crippen LogP) is 9.87. The Bertz CT molecular complexity index is 2970. The number of nitrogens with one attached hydrogen (secondary N) is 1. The number of ketones is 2. The van der Waals surface area contributed by atoms with Gasteiger partial charge in [0.05, 0.1) is 26.3 Å². The maximum atomic E-state index is 12.4. The Balaban J connectivity index is 0.000000155. The molecule has 1 amide bonds. The first kappa shape index (κ1) is 49.6. The second-order valence-corrected chi connectivity index (χ2v) is 20.0. The Kier molecular flexibility index (Phi) is 15.7. The number of hydrogen-bond donors (Lipinski definition) is 3. The summed E-state index contributed by atoms with van der Waals surface area (Å²) in [4.78, 5) is 61.7. The summed E-state index contributed by atoms with van der Waals surface area (Å²) in [5.74, 6) is 1.90. The summed E-state index contributed by atoms with van der Waals surface area (Å²) in [6.07, 6.45) is 18.6. The van der Waals surface area contributed by atoms with Crippen LogP contribution in [0.1, 0.15) is 44.3 Å². The van der Waals surface area contributed by atoms with E-state index in [0.29, 0.717) is 63.6 Å². The molecule has 8 heterocycles. The number of Topliss-reactive ketones (excluding diaryl/α,β-unsaturated/α-hetero) is 2. The van der Waals surface area contributed by atoms with Crippen molar-refractivity contribution < 1.29 is 33.8 Å². The number of carbonyl (C=O) groups is 4. The highest BCUT2D eigenvalue weighted by molar-refractivity contribution is 7.17. The smallest absolute Gasteiger partial charge is 0.328 e. The maximum Gasteiger partial charge on any atom is 0.328 e. The van der Waals surface area contributed by atoms with Crippen LogP contribution in [-0.4, -0.2) is 99.2 Å². The number of ether oxygens (including phenoxy) is 2. The summed E-state index contributed by atoms with van der Waals surface area (Å²) >= 11 is 27.9. The van der Waals surface area contributed by atoms with Crippen LogP contribution >= 0.6 is 69.1 Å². The normalized spacial score (nSPS) is 20.3. The zero-order chi connectivity index (χ0) is 48.9. The first-order chi connectivity index (χ1) is 33.1. The van der Waals surface area contributed by atoms with Crippen LogP contribution in [-0.2, 0) is 22.4 Å². The molecule has 10 rings (SSSR count). The number of benzene rings is 2. The topological polar surface area (TPSA) is 176 Å². The van der Waals surface area contributed by atoms with Crippen LogP contribution in [0.4, 0.5) is 0 Å². The average molecular weight is 1050 g/mol. The van der Waals surface area contributed by atoms with E-state index >= 15 is 0 Å². The lowest BCUT2D eigenvalue weighted by Gasteiger charge is -2.24. The number of nitrogens with two attached hydrogens (primary N) is 1. The van der Waals surface area contributed by atoms with Crippen molar-refractivity contribution in [2.24, 2.45) is 15.7 Å². The Hall–Kier alpha value is -5.78. The molecule has 0 saturated heterocycles. The van der Waals surface area contributed by atoms with Crippen LogP contribution in [0.25, 0.3) is 20.9 Å². The van der Waals surface area contributed by atoms with Crippen molar-refractivity contribution in [3.8, 4) is 32.4 Å². The van der Waals surface area contributed by atoms with E-state index in [1.165, 1.54) is 34.8 Å². The number of carboxylic acids is 1. The van der Waals surface area contributed by atoms with E-state index < -0.39 is 5.97 Å². The van der Waals surface area contributed by atoms with Crippen molar-refractivity contribution in [3.05, 3.63) is 152 Å². The number of amides is 1. The van der Waals surface area contributed by atoms with Gasteiger partial charge in [0.2, 0.25) is 5.91 Å². The highest BCUT2D eigenvalue weighted by atomic mass is 35.5. The molecule has 4 aromatic rings. The van der Waals surface area contributed by atoms with Crippen LogP contribution in [0, 0.1) is 0 Å². The Labute approximate surface area is 426 Å². The number of rotatable bonds is 11. The van der Waals surface area contributed by atoms with E-state index in [4.69, 9.17) is 66.7 Å². The van der Waals surface area contributed by atoms with Crippen LogP contribution < -0.4 is 20.5 Å². The van der Waals surface area contributed by atoms with Crippen molar-refractivity contribution in [3.63, 3.8) is 0 Å². The molecule has 0 bridgehead atoms. The molecule has 69 heavy (non-hydrogen) atoms. The van der Waals surface area contributed by atoms with Gasteiger partial charge >= 0.3 is 5.97 Å². The van der Waals surface area contributed by atoms with Gasteiger partial charge in [0.25, 0.3) is 0 Å². The van der Waals surface area contributed by atoms with Gasteiger partial charge < -0.3 is 35.4 Å². The standard InChI is InChI=1S/C25H21Cl2N3O3S.C15H14ClNO2S.C10H9ClN2O2/c1-14(31)20-6-7-21(34-20)15-10-16-11-17(33-24(16)18(26)12-15)13-28-23(32)8-5-19-25(27)29-22-4-2-3-9-30(19)22;1-8(18)13-2-3-14(20-13)9-4-10-5-11(7-17)19-15(10)12(16)6-9;11-10-7(4-5-9(14)15)13-6-2-1-3-8(13)12-10/h2-8,10,12,17,19H,9,11,13H2,1H3,(H,28,32);2-4,6,11H,5,7,17H2,1H3;1-5,7H,6H2,(H,14,15)/b8-5+;;5-4+. The third-order valence-corrected chi connectivity index (χ3v) is 15.0. The summed E-state index contributed by atoms with van der Waals surface area (Å²) in [5, 5.41) is 13.4. The summed E-state index contributed by atoms with van der Waals surface area (Å²) in [6, 6.07) is 14.9. The van der Waals surface area contributed by atoms with Gasteiger partial charge in [-0.25, -0.2) is 14.8 Å². The SMILES string of the molecule is CC(=O)c1ccc(-c2cc(Cl)c3c(c2)CC(CN)O3)s1.CC(=O)c1ccc(-c2cc(Cl)c3c(c2)CC(CNC(=O)/C=C/C2C(Cl)=NC4=CC=CCN42)O3)s1.O=C(O)/C=C/C1C(Cl)=NC2=CC=CCN21. The van der Waals surface area contributed by atoms with E-state index in [-0.39, 0.29) is 41.8 Å². The number of allylic oxidation sites excluding steroid dienone is 4. The van der Waals surface area contributed by atoms with Crippen LogP contribution in [0.3, 0.4) is 0 Å². The zero-order valence-electron chi connectivity index (χ0n) is 37.0. The molecule has 0 saturated carbocycles. The number of halogens is 4. The molecule has 4 unspecified atom stereocenters. The molecule has 4 N–H and O–H groups in total. The molecule has 356 valence electrons. The highest BCUT2D eigenvalue weighted by Gasteiger charge is 2.31. The van der Waals surface area contributed by atoms with Crippen molar-refractivity contribution in [2.75, 3.05) is 26.2 Å². The monoisotopic (exact) mass is 1040 g/mol. The van der Waals surface area contributed by atoms with E-state index in [9.17, 15) is 19.2 Å². The molecular weight excluding hydrogens is 1000 g/mol. The molecule has 0 aliphatic carbocycles. The minimum absolute atomic E-state index is 0.00821. The van der Waals surface area contributed by atoms with Gasteiger partial charge in [-0.05, 0) is 97.8 Å². The summed E-state index contributed by atoms with van der Waals surface area (Å²) in [6.45, 7) is 5.35. The average Bonchev–Trinajstić information content (AvgIpc) is 4.19. The number of carboxylic acid groups (broad SMARTS) is 1. The van der Waals surface area contributed by atoms with Crippen LogP contribution in [0.15, 0.2) is 131 Å². The van der Waals surface area contributed by atoms with Gasteiger partial charge in [-0.15, -0.1) is 22.7 Å². The third kappa shape index (κ3) is 11.6. The quantitative estimate of drug-likeness (QED) is 0.0969. The van der Waals surface area contributed by atoms with Gasteiger partial charge in [0, 0.05) is 65.5 Å². The number of aliphatic carboxylic acids is 1. The van der Waals surface area contributed by atoms with Gasteiger partial charge in [-0.3, -0.25) is 14.4 Å². The van der Waals surface area contributed by atoms with E-state index in [1.54, 1.807) is 19.9 Å². The number of thiophene rings is 2. The molecule has 6 aliphatic rings. The van der Waals surface area contributed by atoms with Gasteiger partial charge in [0.1, 0.15) is 57.8 Å². The molecule has 2 aromatic heterocycles. The van der Waals surface area contributed by atoms with Crippen LogP contribution in [0.2, 0.25) is 10.0 Å². The summed E-state index contributed by atoms with van der Waals surface area (Å²) < 4.78 is 11.7. The molecule has 0 spiro atoms. The highest BCUT2D eigenvalue weighted by Crippen LogP contribution is 2.42. The number of carbonyl (C=O) groups excluding carboxylic acids is 3. The van der Waals surface area contributed by atoms with E-state index in [2.05, 4.69) is 21.4 Å². The molecule has 0 radical (unpaired) electrons. The van der Waals surface area contributed by atoms with E-state index in [1.807, 2.05) is 88.7 Å². The molecule has 13 nitrogen and oxygen atoms in total. The lowest BCUT2D eigenvalue weighted by molar-refractivity contribution is -0.131. The fourth-order valence-corrected chi connectivity index (χ4v) is 10.9. The number of nitrogens with zero attached hydrogens (tertiary/aromatic N) is 4. The number of fused-ring (bicyclic) bond motifs is 4. The van der Waals surface area contributed by atoms with Crippen molar-refractivity contribution in [2.45, 2.75) is 51.0 Å².